The fraction of sp³-hybridized carbons (Fsp3) is 0.571. The summed E-state index contributed by atoms with van der Waals surface area (Å²) in [5.74, 6) is 0.199. The Bertz CT molecular complexity index is 502. The number of benzene rings is 1. The quantitative estimate of drug-likeness (QED) is 0.590. The molecule has 1 atom stereocenters. The van der Waals surface area contributed by atoms with Gasteiger partial charge in [-0.3, -0.25) is 4.79 Å². The second-order valence-corrected chi connectivity index (χ2v) is 5.53. The van der Waals surface area contributed by atoms with Gasteiger partial charge in [0.25, 0.3) is 0 Å². The Labute approximate surface area is 142 Å². The number of carbonyl (C=O) groups is 1. The van der Waals surface area contributed by atoms with Crippen LogP contribution in [-0.2, 0) is 10.2 Å². The monoisotopic (exact) mass is 318 g/mol. The summed E-state index contributed by atoms with van der Waals surface area (Å²) in [5, 5.41) is 0. The zero-order chi connectivity index (χ0) is 17.9. The van der Waals surface area contributed by atoms with Gasteiger partial charge in [-0.05, 0) is 30.9 Å². The van der Waals surface area contributed by atoms with Crippen LogP contribution in [0.15, 0.2) is 35.9 Å². The Morgan fingerprint density at radius 2 is 1.57 bits per heavy atom. The second-order valence-electron chi connectivity index (χ2n) is 5.53. The van der Waals surface area contributed by atoms with Gasteiger partial charge in [-0.15, -0.1) is 0 Å². The molecule has 0 saturated heterocycles. The van der Waals surface area contributed by atoms with Crippen LogP contribution < -0.4 is 0 Å². The van der Waals surface area contributed by atoms with Crippen molar-refractivity contribution in [2.75, 3.05) is 14.2 Å². The third-order valence-electron chi connectivity index (χ3n) is 4.17. The maximum atomic E-state index is 12.0. The van der Waals surface area contributed by atoms with Crippen LogP contribution in [0.25, 0.3) is 0 Å². The number of methoxy groups -OCH3 is 1. The summed E-state index contributed by atoms with van der Waals surface area (Å²) in [6, 6.07) is 8.10. The van der Waals surface area contributed by atoms with Crippen LogP contribution in [0, 0.1) is 0 Å². The minimum atomic E-state index is 0.128. The summed E-state index contributed by atoms with van der Waals surface area (Å²) >= 11 is 0. The standard InChI is InChI=1S/C15H16O.C2H6O.2C2H6/c1-15-9-5-4-6-11(15)10-14(16)12-7-2-3-8-13(12)15;1-3-2;2*1-2/h2-3,7-8,10H,4-6,9H2,1H3;1-2H3;2*1-2H3/t15-;;;/m0.../s1. The van der Waals surface area contributed by atoms with Crippen molar-refractivity contribution in [3.05, 3.63) is 47.0 Å². The van der Waals surface area contributed by atoms with Crippen molar-refractivity contribution < 1.29 is 9.53 Å². The van der Waals surface area contributed by atoms with E-state index in [0.717, 1.165) is 12.0 Å². The number of ether oxygens (including phenoxy) is 1. The number of rotatable bonds is 0. The highest BCUT2D eigenvalue weighted by atomic mass is 16.4. The molecule has 0 unspecified atom stereocenters. The van der Waals surface area contributed by atoms with Crippen LogP contribution in [-0.4, -0.2) is 20.0 Å². The van der Waals surface area contributed by atoms with Crippen molar-refractivity contribution in [3.63, 3.8) is 0 Å². The minimum Gasteiger partial charge on any atom is -0.388 e. The second kappa shape index (κ2) is 11.2. The highest BCUT2D eigenvalue weighted by Crippen LogP contribution is 2.46. The van der Waals surface area contributed by atoms with E-state index in [2.05, 4.69) is 23.8 Å². The lowest BCUT2D eigenvalue weighted by Crippen LogP contribution is -2.33. The first-order valence-electron chi connectivity index (χ1n) is 8.88. The molecule has 3 rings (SSSR count). The molecule has 130 valence electrons. The van der Waals surface area contributed by atoms with Crippen molar-refractivity contribution in [1.29, 1.82) is 0 Å². The molecular formula is C21H34O2. The summed E-state index contributed by atoms with van der Waals surface area (Å²) in [6.45, 7) is 10.3. The van der Waals surface area contributed by atoms with Gasteiger partial charge in [-0.2, -0.15) is 0 Å². The molecule has 2 heteroatoms. The summed E-state index contributed by atoms with van der Waals surface area (Å²) in [5.41, 5.74) is 3.64. The molecular weight excluding hydrogens is 284 g/mol. The van der Waals surface area contributed by atoms with E-state index in [-0.39, 0.29) is 11.2 Å². The van der Waals surface area contributed by atoms with Gasteiger partial charge in [0.05, 0.1) is 0 Å². The van der Waals surface area contributed by atoms with Crippen LogP contribution in [0.5, 0.6) is 0 Å². The smallest absolute Gasteiger partial charge is 0.186 e. The molecule has 0 aliphatic heterocycles. The van der Waals surface area contributed by atoms with E-state index in [9.17, 15) is 4.79 Å². The van der Waals surface area contributed by atoms with E-state index in [0.29, 0.717) is 0 Å². The molecule has 23 heavy (non-hydrogen) atoms. The number of fused-ring (bicyclic) bond motifs is 3. The van der Waals surface area contributed by atoms with Crippen LogP contribution in [0.3, 0.4) is 0 Å². The zero-order valence-electron chi connectivity index (χ0n) is 16.0. The maximum absolute atomic E-state index is 12.0. The van der Waals surface area contributed by atoms with E-state index in [4.69, 9.17) is 0 Å². The van der Waals surface area contributed by atoms with Crippen LogP contribution >= 0.6 is 0 Å². The Kier molecular flexibility index (Phi) is 10.5. The fourth-order valence-electron chi connectivity index (χ4n) is 3.18. The first-order chi connectivity index (χ1) is 11.1. The Balaban J connectivity index is 0.000000609. The van der Waals surface area contributed by atoms with Crippen molar-refractivity contribution in [1.82, 2.24) is 0 Å². The van der Waals surface area contributed by atoms with Gasteiger partial charge in [0, 0.05) is 25.2 Å². The predicted octanol–water partition coefficient (Wildman–Crippen LogP) is 5.96. The molecule has 1 aromatic rings. The number of ketones is 1. The molecule has 0 N–H and O–H groups in total. The van der Waals surface area contributed by atoms with E-state index in [1.807, 2.05) is 45.9 Å². The fourth-order valence-corrected chi connectivity index (χ4v) is 3.18. The number of hydrogen-bond acceptors (Lipinski definition) is 2. The van der Waals surface area contributed by atoms with E-state index in [1.54, 1.807) is 14.2 Å². The van der Waals surface area contributed by atoms with E-state index < -0.39 is 0 Å². The van der Waals surface area contributed by atoms with Gasteiger partial charge in [0.1, 0.15) is 0 Å². The molecule has 2 aliphatic rings. The van der Waals surface area contributed by atoms with E-state index >= 15 is 0 Å². The van der Waals surface area contributed by atoms with Gasteiger partial charge < -0.3 is 4.74 Å². The highest BCUT2D eigenvalue weighted by Gasteiger charge is 2.38. The van der Waals surface area contributed by atoms with Crippen molar-refractivity contribution in [2.24, 2.45) is 0 Å². The third-order valence-corrected chi connectivity index (χ3v) is 4.17. The van der Waals surface area contributed by atoms with E-state index in [1.165, 1.54) is 30.4 Å². The lowest BCUT2D eigenvalue weighted by atomic mass is 9.63. The minimum absolute atomic E-state index is 0.128. The maximum Gasteiger partial charge on any atom is 0.186 e. The molecule has 0 aromatic heterocycles. The van der Waals surface area contributed by atoms with Gasteiger partial charge >= 0.3 is 0 Å². The van der Waals surface area contributed by atoms with Crippen molar-refractivity contribution >= 4 is 5.78 Å². The largest absolute Gasteiger partial charge is 0.388 e. The molecule has 0 radical (unpaired) electrons. The van der Waals surface area contributed by atoms with Gasteiger partial charge in [0.2, 0.25) is 0 Å². The van der Waals surface area contributed by atoms with Gasteiger partial charge in [0.15, 0.2) is 5.78 Å². The van der Waals surface area contributed by atoms with Gasteiger partial charge in [-0.1, -0.05) is 70.9 Å². The number of carbonyl (C=O) groups excluding carboxylic acids is 1. The summed E-state index contributed by atoms with van der Waals surface area (Å²) in [7, 11) is 3.25. The van der Waals surface area contributed by atoms with Crippen LogP contribution in [0.2, 0.25) is 0 Å². The molecule has 1 saturated carbocycles. The lowest BCUT2D eigenvalue weighted by Gasteiger charge is -2.40. The highest BCUT2D eigenvalue weighted by molar-refractivity contribution is 6.08. The SMILES string of the molecule is CC.CC.COC.C[C@]12CCCCC1=CC(=O)c1ccccc12. The average molecular weight is 319 g/mol. The Morgan fingerprint density at radius 3 is 2.17 bits per heavy atom. The molecule has 0 spiro atoms. The van der Waals surface area contributed by atoms with Crippen molar-refractivity contribution in [3.8, 4) is 0 Å². The Hall–Kier alpha value is -1.41. The Morgan fingerprint density at radius 1 is 1.00 bits per heavy atom. The molecule has 1 fully saturated rings. The first kappa shape index (κ1) is 21.6. The predicted molar refractivity (Wildman–Crippen MR) is 100 cm³/mol. The molecule has 2 aliphatic carbocycles. The average Bonchev–Trinajstić information content (AvgIpc) is 2.61. The molecule has 2 nitrogen and oxygen atoms in total. The summed E-state index contributed by atoms with van der Waals surface area (Å²) in [6.07, 6.45) is 6.68. The topological polar surface area (TPSA) is 26.3 Å². The lowest BCUT2D eigenvalue weighted by molar-refractivity contribution is 0.103. The summed E-state index contributed by atoms with van der Waals surface area (Å²) in [4.78, 5) is 12.0. The van der Waals surface area contributed by atoms with Crippen molar-refractivity contribution in [2.45, 2.75) is 65.7 Å². The molecule has 1 aromatic carbocycles. The molecule has 0 bridgehead atoms. The van der Waals surface area contributed by atoms with Crippen LogP contribution in [0.4, 0.5) is 0 Å². The first-order valence-corrected chi connectivity index (χ1v) is 8.88. The number of allylic oxidation sites excluding steroid dienone is 2. The van der Waals surface area contributed by atoms with Crippen LogP contribution in [0.1, 0.15) is 76.2 Å². The molecule has 0 heterocycles. The third kappa shape index (κ3) is 5.04. The molecule has 0 amide bonds. The zero-order valence-corrected chi connectivity index (χ0v) is 16.0. The number of hydrogen-bond donors (Lipinski definition) is 0. The van der Waals surface area contributed by atoms with Gasteiger partial charge in [-0.25, -0.2) is 0 Å². The normalized spacial score (nSPS) is 20.8. The summed E-state index contributed by atoms with van der Waals surface area (Å²) < 4.78 is 4.25.